The Morgan fingerprint density at radius 3 is 2.10 bits per heavy atom. The molecule has 0 radical (unpaired) electrons. The molecule has 0 aliphatic rings. The Bertz CT molecular complexity index is 1420. The number of nitrogens with one attached hydrogen (secondary N) is 1. The summed E-state index contributed by atoms with van der Waals surface area (Å²) in [5, 5.41) is 12.9. The number of benzene rings is 4. The lowest BCUT2D eigenvalue weighted by Gasteiger charge is -2.24. The summed E-state index contributed by atoms with van der Waals surface area (Å²) in [6.45, 7) is -0.0547. The van der Waals surface area contributed by atoms with Crippen molar-refractivity contribution >= 4 is 41.3 Å². The van der Waals surface area contributed by atoms with Gasteiger partial charge in [0.05, 0.1) is 6.54 Å². The van der Waals surface area contributed by atoms with Crippen molar-refractivity contribution in [2.45, 2.75) is 18.3 Å². The van der Waals surface area contributed by atoms with Gasteiger partial charge in [0.25, 0.3) is 5.91 Å². The van der Waals surface area contributed by atoms with Gasteiger partial charge in [0, 0.05) is 22.1 Å². The second-order valence-electron chi connectivity index (χ2n) is 8.81. The van der Waals surface area contributed by atoms with Crippen LogP contribution in [0, 0.1) is 0 Å². The average Bonchev–Trinajstić information content (AvgIpc) is 2.97. The fraction of sp³-hybridized carbons (Fsp3) is 0.129. The number of halogens is 1. The van der Waals surface area contributed by atoms with Crippen LogP contribution in [-0.4, -0.2) is 39.7 Å². The molecule has 0 aliphatic heterocycles. The number of amides is 3. The molecule has 0 aliphatic carbocycles. The Kier molecular flexibility index (Phi) is 9.78. The van der Waals surface area contributed by atoms with Crippen LogP contribution in [0.2, 0.25) is 5.02 Å². The van der Waals surface area contributed by atoms with E-state index in [2.05, 4.69) is 5.32 Å². The normalized spacial score (nSPS) is 11.4. The van der Waals surface area contributed by atoms with Gasteiger partial charge in [-0.25, -0.2) is 9.59 Å². The van der Waals surface area contributed by atoms with E-state index in [0.717, 1.165) is 21.6 Å². The van der Waals surface area contributed by atoms with E-state index in [1.165, 1.54) is 11.8 Å². The molecule has 0 saturated heterocycles. The quantitative estimate of drug-likeness (QED) is 0.225. The Morgan fingerprint density at radius 1 is 0.795 bits per heavy atom. The van der Waals surface area contributed by atoms with Crippen LogP contribution >= 0.6 is 23.4 Å². The molecule has 6 nitrogen and oxygen atoms in total. The Labute approximate surface area is 236 Å². The third-order valence-corrected chi connectivity index (χ3v) is 7.31. The molecule has 0 fully saturated rings. The van der Waals surface area contributed by atoms with Gasteiger partial charge in [0.15, 0.2) is 0 Å². The molecular weight excluding hydrogens is 532 g/mol. The molecule has 4 rings (SSSR count). The summed E-state index contributed by atoms with van der Waals surface area (Å²) in [6, 6.07) is 31.1. The minimum Gasteiger partial charge on any atom is -0.480 e. The topological polar surface area (TPSA) is 86.7 Å². The minimum absolute atomic E-state index is 0.0547. The van der Waals surface area contributed by atoms with Crippen molar-refractivity contribution in [3.05, 3.63) is 131 Å². The van der Waals surface area contributed by atoms with Gasteiger partial charge in [-0.2, -0.15) is 11.8 Å². The Morgan fingerprint density at radius 2 is 1.44 bits per heavy atom. The maximum absolute atomic E-state index is 13.7. The molecule has 0 unspecified atom stereocenters. The molecule has 0 saturated carbocycles. The SMILES string of the molecule is O=C(O)[C@H](CSCc1ccccc1)NC(=O)N(Cc1ccc(Cl)cc1)C(=O)c1cccc(-c2ccccc2)c1. The number of imide groups is 1. The van der Waals surface area contributed by atoms with Crippen molar-refractivity contribution in [1.82, 2.24) is 10.2 Å². The van der Waals surface area contributed by atoms with E-state index in [1.54, 1.807) is 42.5 Å². The van der Waals surface area contributed by atoms with E-state index >= 15 is 0 Å². The molecule has 2 N–H and O–H groups in total. The second kappa shape index (κ2) is 13.6. The molecule has 3 amide bonds. The van der Waals surface area contributed by atoms with E-state index in [9.17, 15) is 19.5 Å². The highest BCUT2D eigenvalue weighted by molar-refractivity contribution is 7.98. The molecule has 0 aromatic heterocycles. The number of urea groups is 1. The van der Waals surface area contributed by atoms with Crippen LogP contribution in [0.25, 0.3) is 11.1 Å². The molecule has 0 bridgehead atoms. The zero-order valence-corrected chi connectivity index (χ0v) is 22.6. The molecule has 8 heteroatoms. The van der Waals surface area contributed by atoms with Crippen molar-refractivity contribution < 1.29 is 19.5 Å². The van der Waals surface area contributed by atoms with Gasteiger partial charge in [0.1, 0.15) is 6.04 Å². The monoisotopic (exact) mass is 558 g/mol. The van der Waals surface area contributed by atoms with Crippen LogP contribution in [0.3, 0.4) is 0 Å². The molecule has 1 atom stereocenters. The first kappa shape index (κ1) is 28.0. The van der Waals surface area contributed by atoms with Crippen molar-refractivity contribution in [3.8, 4) is 11.1 Å². The zero-order valence-electron chi connectivity index (χ0n) is 21.0. The maximum atomic E-state index is 13.7. The Balaban J connectivity index is 1.54. The highest BCUT2D eigenvalue weighted by Crippen LogP contribution is 2.22. The number of carbonyl (C=O) groups excluding carboxylic acids is 2. The van der Waals surface area contributed by atoms with Crippen LogP contribution in [0.4, 0.5) is 4.79 Å². The summed E-state index contributed by atoms with van der Waals surface area (Å²) in [4.78, 5) is 40.1. The number of hydrogen-bond acceptors (Lipinski definition) is 4. The zero-order chi connectivity index (χ0) is 27.6. The van der Waals surface area contributed by atoms with Gasteiger partial charge < -0.3 is 10.4 Å². The van der Waals surface area contributed by atoms with Gasteiger partial charge in [-0.05, 0) is 46.5 Å². The number of rotatable bonds is 10. The summed E-state index contributed by atoms with van der Waals surface area (Å²) < 4.78 is 0. The summed E-state index contributed by atoms with van der Waals surface area (Å²) >= 11 is 7.41. The summed E-state index contributed by atoms with van der Waals surface area (Å²) in [5.74, 6) is -0.974. The smallest absolute Gasteiger partial charge is 0.327 e. The molecule has 0 heterocycles. The van der Waals surface area contributed by atoms with Crippen molar-refractivity contribution in [1.29, 1.82) is 0 Å². The number of thioether (sulfide) groups is 1. The highest BCUT2D eigenvalue weighted by atomic mass is 35.5. The molecule has 198 valence electrons. The van der Waals surface area contributed by atoms with E-state index in [-0.39, 0.29) is 12.3 Å². The second-order valence-corrected chi connectivity index (χ2v) is 10.3. The molecule has 4 aromatic rings. The van der Waals surface area contributed by atoms with E-state index in [0.29, 0.717) is 21.9 Å². The van der Waals surface area contributed by atoms with Crippen LogP contribution < -0.4 is 5.32 Å². The lowest BCUT2D eigenvalue weighted by Crippen LogP contribution is -2.50. The molecule has 4 aromatic carbocycles. The van der Waals surface area contributed by atoms with Crippen LogP contribution in [0.1, 0.15) is 21.5 Å². The van der Waals surface area contributed by atoms with Gasteiger partial charge in [-0.3, -0.25) is 9.69 Å². The number of carboxylic acids is 1. The fourth-order valence-corrected chi connectivity index (χ4v) is 5.03. The number of carbonyl (C=O) groups is 3. The van der Waals surface area contributed by atoms with Gasteiger partial charge in [-0.15, -0.1) is 0 Å². The van der Waals surface area contributed by atoms with E-state index in [1.807, 2.05) is 66.7 Å². The van der Waals surface area contributed by atoms with Gasteiger partial charge in [-0.1, -0.05) is 96.5 Å². The summed E-state index contributed by atoms with van der Waals surface area (Å²) in [6.07, 6.45) is 0. The number of nitrogens with zero attached hydrogens (tertiary/aromatic N) is 1. The standard InChI is InChI=1S/C31H27ClN2O4S/c32-27-16-14-22(15-17-27)19-34(29(35)26-13-7-12-25(18-26)24-10-5-2-6-11-24)31(38)33-28(30(36)37)21-39-20-23-8-3-1-4-9-23/h1-18,28H,19-21H2,(H,33,38)(H,36,37)/t28-/m0/s1. The van der Waals surface area contributed by atoms with Crippen molar-refractivity contribution in [2.24, 2.45) is 0 Å². The predicted molar refractivity (Wildman–Crippen MR) is 156 cm³/mol. The average molecular weight is 559 g/mol. The largest absolute Gasteiger partial charge is 0.480 e. The number of hydrogen-bond donors (Lipinski definition) is 2. The minimum atomic E-state index is -1.18. The number of carboxylic acid groups (broad SMARTS) is 1. The van der Waals surface area contributed by atoms with Crippen LogP contribution in [0.5, 0.6) is 0 Å². The first-order valence-corrected chi connectivity index (χ1v) is 13.8. The molecular formula is C31H27ClN2O4S. The van der Waals surface area contributed by atoms with Crippen LogP contribution in [-0.2, 0) is 17.1 Å². The summed E-state index contributed by atoms with van der Waals surface area (Å²) in [7, 11) is 0. The maximum Gasteiger partial charge on any atom is 0.327 e. The predicted octanol–water partition coefficient (Wildman–Crippen LogP) is 6.75. The third kappa shape index (κ3) is 7.96. The fourth-order valence-electron chi connectivity index (χ4n) is 3.90. The van der Waals surface area contributed by atoms with Crippen molar-refractivity contribution in [3.63, 3.8) is 0 Å². The van der Waals surface area contributed by atoms with E-state index in [4.69, 9.17) is 11.6 Å². The summed E-state index contributed by atoms with van der Waals surface area (Å²) in [5.41, 5.74) is 3.80. The number of aliphatic carboxylic acids is 1. The lowest BCUT2D eigenvalue weighted by molar-refractivity contribution is -0.138. The lowest BCUT2D eigenvalue weighted by atomic mass is 10.0. The van der Waals surface area contributed by atoms with Crippen LogP contribution in [0.15, 0.2) is 109 Å². The third-order valence-electron chi connectivity index (χ3n) is 5.95. The molecule has 39 heavy (non-hydrogen) atoms. The van der Waals surface area contributed by atoms with E-state index < -0.39 is 23.9 Å². The molecule has 0 spiro atoms. The Hall–Kier alpha value is -4.07. The van der Waals surface area contributed by atoms with Crippen molar-refractivity contribution in [2.75, 3.05) is 5.75 Å². The van der Waals surface area contributed by atoms with Gasteiger partial charge >= 0.3 is 12.0 Å². The first-order valence-electron chi connectivity index (χ1n) is 12.3. The first-order chi connectivity index (χ1) is 18.9. The van der Waals surface area contributed by atoms with Gasteiger partial charge in [0.2, 0.25) is 0 Å². The highest BCUT2D eigenvalue weighted by Gasteiger charge is 2.28.